The molecule has 2 N–H and O–H groups in total. The highest BCUT2D eigenvalue weighted by Crippen LogP contribution is 2.14. The second-order valence-electron chi connectivity index (χ2n) is 3.66. The van der Waals surface area contributed by atoms with E-state index in [2.05, 4.69) is 25.9 Å². The average Bonchev–Trinajstić information content (AvgIpc) is 2.30. The summed E-state index contributed by atoms with van der Waals surface area (Å²) in [5.74, 6) is 0. The van der Waals surface area contributed by atoms with E-state index in [0.717, 1.165) is 5.69 Å². The van der Waals surface area contributed by atoms with E-state index in [1.807, 2.05) is 10.7 Å². The summed E-state index contributed by atoms with van der Waals surface area (Å²) in [4.78, 5) is 0.391. The number of thiocarbonyl (C=S) groups is 1. The lowest BCUT2D eigenvalue weighted by molar-refractivity contribution is 0.353. The Hall–Kier alpha value is -0.900. The standard InChI is InChI=1S/C8H13N3S/c1-8(2,3)11-6(7(9)12)4-5-10-11/h4-5H,1-3H3,(H2,9,12). The molecule has 0 atom stereocenters. The quantitative estimate of drug-likeness (QED) is 0.667. The molecule has 0 aliphatic rings. The fourth-order valence-corrected chi connectivity index (χ4v) is 1.18. The van der Waals surface area contributed by atoms with E-state index in [0.29, 0.717) is 4.99 Å². The van der Waals surface area contributed by atoms with Crippen LogP contribution < -0.4 is 5.73 Å². The first kappa shape index (κ1) is 9.19. The molecule has 0 unspecified atom stereocenters. The molecule has 0 amide bonds. The summed E-state index contributed by atoms with van der Waals surface area (Å²) in [6.07, 6.45) is 1.71. The Morgan fingerprint density at radius 2 is 2.17 bits per heavy atom. The van der Waals surface area contributed by atoms with Gasteiger partial charge in [0.1, 0.15) is 4.99 Å². The lowest BCUT2D eigenvalue weighted by atomic mass is 10.1. The van der Waals surface area contributed by atoms with Crippen LogP contribution in [0.15, 0.2) is 12.3 Å². The molecule has 0 saturated heterocycles. The van der Waals surface area contributed by atoms with E-state index < -0.39 is 0 Å². The summed E-state index contributed by atoms with van der Waals surface area (Å²) >= 11 is 4.89. The molecule has 0 aromatic carbocycles. The van der Waals surface area contributed by atoms with E-state index in [-0.39, 0.29) is 5.54 Å². The normalized spacial score (nSPS) is 11.6. The largest absolute Gasteiger partial charge is 0.388 e. The lowest BCUT2D eigenvalue weighted by Crippen LogP contribution is -2.28. The zero-order valence-electron chi connectivity index (χ0n) is 7.53. The van der Waals surface area contributed by atoms with Crippen LogP contribution in [0.3, 0.4) is 0 Å². The summed E-state index contributed by atoms with van der Waals surface area (Å²) < 4.78 is 1.83. The second-order valence-corrected chi connectivity index (χ2v) is 4.10. The van der Waals surface area contributed by atoms with Crippen molar-refractivity contribution in [1.82, 2.24) is 9.78 Å². The van der Waals surface area contributed by atoms with E-state index in [9.17, 15) is 0 Å². The summed E-state index contributed by atoms with van der Waals surface area (Å²) in [5.41, 5.74) is 6.28. The van der Waals surface area contributed by atoms with Gasteiger partial charge in [-0.1, -0.05) is 12.2 Å². The van der Waals surface area contributed by atoms with Crippen LogP contribution in [0.1, 0.15) is 26.5 Å². The smallest absolute Gasteiger partial charge is 0.122 e. The molecule has 1 aromatic rings. The maximum atomic E-state index is 5.53. The van der Waals surface area contributed by atoms with Crippen molar-refractivity contribution in [1.29, 1.82) is 0 Å². The van der Waals surface area contributed by atoms with Crippen molar-refractivity contribution < 1.29 is 0 Å². The van der Waals surface area contributed by atoms with Crippen molar-refractivity contribution >= 4 is 17.2 Å². The zero-order chi connectivity index (χ0) is 9.35. The molecule has 0 bridgehead atoms. The Balaban J connectivity index is 3.17. The van der Waals surface area contributed by atoms with E-state index in [1.54, 1.807) is 6.20 Å². The number of aromatic nitrogens is 2. The van der Waals surface area contributed by atoms with Gasteiger partial charge in [-0.25, -0.2) is 0 Å². The molecule has 0 aliphatic heterocycles. The summed E-state index contributed by atoms with van der Waals surface area (Å²) in [7, 11) is 0. The van der Waals surface area contributed by atoms with Gasteiger partial charge < -0.3 is 5.73 Å². The minimum Gasteiger partial charge on any atom is -0.388 e. The highest BCUT2D eigenvalue weighted by molar-refractivity contribution is 7.80. The maximum absolute atomic E-state index is 5.53. The zero-order valence-corrected chi connectivity index (χ0v) is 8.35. The molecule has 66 valence electrons. The topological polar surface area (TPSA) is 43.8 Å². The predicted molar refractivity (Wildman–Crippen MR) is 53.1 cm³/mol. The molecule has 0 radical (unpaired) electrons. The Morgan fingerprint density at radius 3 is 2.50 bits per heavy atom. The van der Waals surface area contributed by atoms with Crippen LogP contribution in [-0.2, 0) is 5.54 Å². The van der Waals surface area contributed by atoms with Gasteiger partial charge in [-0.05, 0) is 26.8 Å². The molecule has 0 spiro atoms. The number of nitrogens with zero attached hydrogens (tertiary/aromatic N) is 2. The minimum atomic E-state index is -0.0672. The molecule has 1 heterocycles. The fourth-order valence-electron chi connectivity index (χ4n) is 1.02. The lowest BCUT2D eigenvalue weighted by Gasteiger charge is -2.21. The van der Waals surface area contributed by atoms with E-state index in [1.165, 1.54) is 0 Å². The SMILES string of the molecule is CC(C)(C)n1nccc1C(N)=S. The monoisotopic (exact) mass is 183 g/mol. The molecular weight excluding hydrogens is 170 g/mol. The first-order valence-corrected chi connectivity index (χ1v) is 4.18. The molecule has 4 heteroatoms. The Morgan fingerprint density at radius 1 is 1.58 bits per heavy atom. The third-order valence-electron chi connectivity index (χ3n) is 1.53. The molecule has 0 saturated carbocycles. The summed E-state index contributed by atoms with van der Waals surface area (Å²) in [5, 5.41) is 4.16. The van der Waals surface area contributed by atoms with Gasteiger partial charge in [0.2, 0.25) is 0 Å². The van der Waals surface area contributed by atoms with Crippen LogP contribution in [0.5, 0.6) is 0 Å². The molecular formula is C8H13N3S. The number of rotatable bonds is 1. The van der Waals surface area contributed by atoms with Gasteiger partial charge in [-0.3, -0.25) is 4.68 Å². The van der Waals surface area contributed by atoms with Gasteiger partial charge in [-0.2, -0.15) is 5.10 Å². The number of nitrogens with two attached hydrogens (primary N) is 1. The molecule has 0 fully saturated rings. The highest BCUT2D eigenvalue weighted by Gasteiger charge is 2.17. The first-order valence-electron chi connectivity index (χ1n) is 3.77. The number of hydrogen-bond acceptors (Lipinski definition) is 2. The van der Waals surface area contributed by atoms with Crippen LogP contribution in [0.25, 0.3) is 0 Å². The van der Waals surface area contributed by atoms with Gasteiger partial charge in [0.25, 0.3) is 0 Å². The minimum absolute atomic E-state index is 0.0672. The first-order chi connectivity index (χ1) is 5.43. The van der Waals surface area contributed by atoms with Crippen LogP contribution in [-0.4, -0.2) is 14.8 Å². The molecule has 12 heavy (non-hydrogen) atoms. The van der Waals surface area contributed by atoms with Crippen molar-refractivity contribution in [3.05, 3.63) is 18.0 Å². The second kappa shape index (κ2) is 2.86. The summed E-state index contributed by atoms with van der Waals surface area (Å²) in [6.45, 7) is 6.17. The Labute approximate surface area is 77.6 Å². The van der Waals surface area contributed by atoms with E-state index >= 15 is 0 Å². The average molecular weight is 183 g/mol. The summed E-state index contributed by atoms with van der Waals surface area (Å²) in [6, 6.07) is 1.83. The third-order valence-corrected chi connectivity index (χ3v) is 1.74. The van der Waals surface area contributed by atoms with Gasteiger partial charge in [-0.15, -0.1) is 0 Å². The molecule has 0 aliphatic carbocycles. The highest BCUT2D eigenvalue weighted by atomic mass is 32.1. The predicted octanol–water partition coefficient (Wildman–Crippen LogP) is 1.27. The molecule has 1 aromatic heterocycles. The van der Waals surface area contributed by atoms with Crippen LogP contribution in [0.4, 0.5) is 0 Å². The van der Waals surface area contributed by atoms with Crippen molar-refractivity contribution in [2.45, 2.75) is 26.3 Å². The van der Waals surface area contributed by atoms with Gasteiger partial charge in [0.15, 0.2) is 0 Å². The van der Waals surface area contributed by atoms with Gasteiger partial charge >= 0.3 is 0 Å². The van der Waals surface area contributed by atoms with Crippen molar-refractivity contribution in [2.24, 2.45) is 5.73 Å². The van der Waals surface area contributed by atoms with Crippen molar-refractivity contribution in [3.63, 3.8) is 0 Å². The van der Waals surface area contributed by atoms with Gasteiger partial charge in [0, 0.05) is 6.20 Å². The Bertz CT molecular complexity index is 295. The molecule has 3 nitrogen and oxygen atoms in total. The van der Waals surface area contributed by atoms with Crippen LogP contribution in [0.2, 0.25) is 0 Å². The van der Waals surface area contributed by atoms with E-state index in [4.69, 9.17) is 18.0 Å². The Kier molecular flexibility index (Phi) is 2.19. The van der Waals surface area contributed by atoms with Crippen LogP contribution in [0, 0.1) is 0 Å². The van der Waals surface area contributed by atoms with Gasteiger partial charge in [0.05, 0.1) is 11.2 Å². The third kappa shape index (κ3) is 1.64. The number of hydrogen-bond donors (Lipinski definition) is 1. The van der Waals surface area contributed by atoms with Crippen molar-refractivity contribution in [2.75, 3.05) is 0 Å². The van der Waals surface area contributed by atoms with Crippen LogP contribution >= 0.6 is 12.2 Å². The van der Waals surface area contributed by atoms with Crippen molar-refractivity contribution in [3.8, 4) is 0 Å². The fraction of sp³-hybridized carbons (Fsp3) is 0.500. The maximum Gasteiger partial charge on any atom is 0.122 e. The molecule has 1 rings (SSSR count).